The number of carbonyl (C=O) groups is 1. The molecule has 0 saturated heterocycles. The van der Waals surface area contributed by atoms with Gasteiger partial charge in [-0.3, -0.25) is 4.79 Å². The van der Waals surface area contributed by atoms with Gasteiger partial charge in [0.05, 0.1) is 12.7 Å². The molecule has 13 heavy (non-hydrogen) atoms. The van der Waals surface area contributed by atoms with Gasteiger partial charge in [0.25, 0.3) is 0 Å². The number of carbonyl (C=O) groups excluding carboxylic acids is 1. The minimum Gasteiger partial charge on any atom is -0.495 e. The van der Waals surface area contributed by atoms with E-state index in [1.165, 1.54) is 0 Å². The van der Waals surface area contributed by atoms with E-state index in [-0.39, 0.29) is 0 Å². The number of ether oxygens (including phenoxy) is 1. The molecule has 0 spiro atoms. The van der Waals surface area contributed by atoms with Gasteiger partial charge in [-0.25, -0.2) is 0 Å². The molecule has 0 aliphatic rings. The molecule has 0 fully saturated rings. The lowest BCUT2D eigenvalue weighted by Crippen LogP contribution is -1.89. The molecule has 66 valence electrons. The number of fused-ring (bicyclic) bond motifs is 1. The van der Waals surface area contributed by atoms with Crippen molar-refractivity contribution in [2.45, 2.75) is 0 Å². The Morgan fingerprint density at radius 1 is 1.38 bits per heavy atom. The lowest BCUT2D eigenvalue weighted by molar-refractivity contribution is 0.112. The molecule has 1 aromatic carbocycles. The molecular weight excluding hydrogens is 184 g/mol. The fourth-order valence-electron chi connectivity index (χ4n) is 1.35. The fourth-order valence-corrected chi connectivity index (χ4v) is 2.14. The first kappa shape index (κ1) is 8.26. The third-order valence-electron chi connectivity index (χ3n) is 1.95. The van der Waals surface area contributed by atoms with Gasteiger partial charge in [0, 0.05) is 10.1 Å². The van der Waals surface area contributed by atoms with Crippen molar-refractivity contribution in [3.05, 3.63) is 29.1 Å². The molecular formula is C10H8O2S. The molecule has 1 aromatic heterocycles. The Morgan fingerprint density at radius 2 is 2.23 bits per heavy atom. The van der Waals surface area contributed by atoms with Crippen LogP contribution in [0.2, 0.25) is 0 Å². The van der Waals surface area contributed by atoms with E-state index in [1.807, 2.05) is 17.5 Å². The molecule has 2 nitrogen and oxygen atoms in total. The fraction of sp³-hybridized carbons (Fsp3) is 0.100. The number of methoxy groups -OCH3 is 1. The second-order valence-corrected chi connectivity index (χ2v) is 3.59. The highest BCUT2D eigenvalue weighted by atomic mass is 32.1. The Kier molecular flexibility index (Phi) is 2.02. The zero-order valence-electron chi connectivity index (χ0n) is 7.11. The van der Waals surface area contributed by atoms with Gasteiger partial charge >= 0.3 is 0 Å². The largest absolute Gasteiger partial charge is 0.495 e. The Hall–Kier alpha value is -1.35. The van der Waals surface area contributed by atoms with Crippen molar-refractivity contribution in [2.24, 2.45) is 0 Å². The highest BCUT2D eigenvalue weighted by molar-refractivity contribution is 7.17. The number of hydrogen-bond acceptors (Lipinski definition) is 3. The van der Waals surface area contributed by atoms with Gasteiger partial charge in [0.1, 0.15) is 5.75 Å². The highest BCUT2D eigenvalue weighted by Crippen LogP contribution is 2.31. The molecule has 2 aromatic rings. The van der Waals surface area contributed by atoms with Crippen LogP contribution < -0.4 is 4.74 Å². The first-order valence-electron chi connectivity index (χ1n) is 3.86. The average molecular weight is 192 g/mol. The summed E-state index contributed by atoms with van der Waals surface area (Å²) in [6.07, 6.45) is 0.815. The van der Waals surface area contributed by atoms with Crippen LogP contribution in [0.5, 0.6) is 5.75 Å². The van der Waals surface area contributed by atoms with E-state index in [9.17, 15) is 4.79 Å². The van der Waals surface area contributed by atoms with Gasteiger partial charge < -0.3 is 4.74 Å². The highest BCUT2D eigenvalue weighted by Gasteiger charge is 2.07. The lowest BCUT2D eigenvalue weighted by Gasteiger charge is -2.03. The summed E-state index contributed by atoms with van der Waals surface area (Å²) in [5.41, 5.74) is 0.605. The zero-order chi connectivity index (χ0) is 9.26. The summed E-state index contributed by atoms with van der Waals surface area (Å²) < 4.78 is 6.32. The summed E-state index contributed by atoms with van der Waals surface area (Å²) >= 11 is 1.64. The van der Waals surface area contributed by atoms with Crippen LogP contribution in [0.3, 0.4) is 0 Å². The molecule has 0 unspecified atom stereocenters. The average Bonchev–Trinajstić information content (AvgIpc) is 2.63. The Morgan fingerprint density at radius 3 is 2.92 bits per heavy atom. The number of thiophene rings is 1. The Labute approximate surface area is 79.8 Å². The van der Waals surface area contributed by atoms with Gasteiger partial charge in [-0.15, -0.1) is 11.3 Å². The predicted octanol–water partition coefficient (Wildman–Crippen LogP) is 2.72. The molecule has 3 heteroatoms. The Balaban J connectivity index is 2.81. The first-order chi connectivity index (χ1) is 6.36. The maximum Gasteiger partial charge on any atom is 0.153 e. The van der Waals surface area contributed by atoms with E-state index in [0.717, 1.165) is 16.4 Å². The molecule has 0 saturated carbocycles. The second kappa shape index (κ2) is 3.18. The molecule has 0 radical (unpaired) electrons. The smallest absolute Gasteiger partial charge is 0.153 e. The van der Waals surface area contributed by atoms with Crippen LogP contribution in [0, 0.1) is 0 Å². The summed E-state index contributed by atoms with van der Waals surface area (Å²) in [7, 11) is 1.58. The van der Waals surface area contributed by atoms with Crippen LogP contribution >= 0.6 is 11.3 Å². The van der Waals surface area contributed by atoms with Gasteiger partial charge in [-0.1, -0.05) is 0 Å². The van der Waals surface area contributed by atoms with Gasteiger partial charge in [0.15, 0.2) is 6.29 Å². The van der Waals surface area contributed by atoms with Gasteiger partial charge in [-0.05, 0) is 23.6 Å². The van der Waals surface area contributed by atoms with E-state index in [2.05, 4.69) is 0 Å². The van der Waals surface area contributed by atoms with E-state index in [4.69, 9.17) is 4.74 Å². The summed E-state index contributed by atoms with van der Waals surface area (Å²) in [5.74, 6) is 0.675. The molecule has 0 atom stereocenters. The first-order valence-corrected chi connectivity index (χ1v) is 4.74. The molecule has 2 rings (SSSR count). The summed E-state index contributed by atoms with van der Waals surface area (Å²) in [5, 5.41) is 3.00. The van der Waals surface area contributed by atoms with Crippen LogP contribution in [-0.2, 0) is 0 Å². The molecule has 1 heterocycles. The minimum atomic E-state index is 0.605. The molecule has 0 N–H and O–H groups in total. The van der Waals surface area contributed by atoms with Gasteiger partial charge in [0.2, 0.25) is 0 Å². The maximum absolute atomic E-state index is 10.7. The SMILES string of the molecule is COc1c(C=O)ccc2sccc12. The molecule has 0 amide bonds. The number of rotatable bonds is 2. The van der Waals surface area contributed by atoms with Crippen molar-refractivity contribution in [2.75, 3.05) is 7.11 Å². The van der Waals surface area contributed by atoms with Crippen molar-refractivity contribution < 1.29 is 9.53 Å². The maximum atomic E-state index is 10.7. The number of aldehydes is 1. The molecule has 0 bridgehead atoms. The topological polar surface area (TPSA) is 26.3 Å². The Bertz CT molecular complexity index is 445. The third-order valence-corrected chi connectivity index (χ3v) is 2.83. The quantitative estimate of drug-likeness (QED) is 0.684. The van der Waals surface area contributed by atoms with E-state index in [1.54, 1.807) is 24.5 Å². The summed E-state index contributed by atoms with van der Waals surface area (Å²) in [6, 6.07) is 5.68. The summed E-state index contributed by atoms with van der Waals surface area (Å²) in [4.78, 5) is 10.7. The second-order valence-electron chi connectivity index (χ2n) is 2.64. The van der Waals surface area contributed by atoms with Crippen LogP contribution in [0.15, 0.2) is 23.6 Å². The van der Waals surface area contributed by atoms with E-state index in [0.29, 0.717) is 11.3 Å². The van der Waals surface area contributed by atoms with E-state index >= 15 is 0 Å². The van der Waals surface area contributed by atoms with E-state index < -0.39 is 0 Å². The zero-order valence-corrected chi connectivity index (χ0v) is 7.93. The third kappa shape index (κ3) is 1.21. The minimum absolute atomic E-state index is 0.605. The van der Waals surface area contributed by atoms with Crippen LogP contribution in [0.4, 0.5) is 0 Å². The predicted molar refractivity (Wildman–Crippen MR) is 53.8 cm³/mol. The van der Waals surface area contributed by atoms with Crippen LogP contribution in [0.25, 0.3) is 10.1 Å². The van der Waals surface area contributed by atoms with Crippen LogP contribution in [0.1, 0.15) is 10.4 Å². The van der Waals surface area contributed by atoms with Gasteiger partial charge in [-0.2, -0.15) is 0 Å². The number of benzene rings is 1. The standard InChI is InChI=1S/C10H8O2S/c1-12-10-7(6-11)2-3-9-8(10)4-5-13-9/h2-6H,1H3. The van der Waals surface area contributed by atoms with Crippen molar-refractivity contribution in [1.82, 2.24) is 0 Å². The molecule has 0 aliphatic carbocycles. The molecule has 0 aliphatic heterocycles. The van der Waals surface area contributed by atoms with Crippen LogP contribution in [-0.4, -0.2) is 13.4 Å². The monoisotopic (exact) mass is 192 g/mol. The van der Waals surface area contributed by atoms with Crippen molar-refractivity contribution in [3.8, 4) is 5.75 Å². The normalized spacial score (nSPS) is 10.2. The summed E-state index contributed by atoms with van der Waals surface area (Å²) in [6.45, 7) is 0. The lowest BCUT2D eigenvalue weighted by atomic mass is 10.1. The van der Waals surface area contributed by atoms with Crippen molar-refractivity contribution >= 4 is 27.7 Å². The van der Waals surface area contributed by atoms with Crippen molar-refractivity contribution in [1.29, 1.82) is 0 Å². The number of hydrogen-bond donors (Lipinski definition) is 0. The van der Waals surface area contributed by atoms with Crippen molar-refractivity contribution in [3.63, 3.8) is 0 Å².